The van der Waals surface area contributed by atoms with Crippen molar-refractivity contribution in [1.29, 1.82) is 10.8 Å². The molecule has 0 radical (unpaired) electrons. The van der Waals surface area contributed by atoms with Gasteiger partial charge in [0, 0.05) is 54.9 Å². The molecule has 34 heavy (non-hydrogen) atoms. The van der Waals surface area contributed by atoms with E-state index in [1.54, 1.807) is 6.92 Å². The molecule has 3 aliphatic rings. The van der Waals surface area contributed by atoms with E-state index in [0.717, 1.165) is 42.2 Å². The first kappa shape index (κ1) is 22.9. The number of thioether (sulfide) groups is 1. The summed E-state index contributed by atoms with van der Waals surface area (Å²) in [6.07, 6.45) is 1.44. The Bertz CT molecular complexity index is 1190. The number of hydrogen-bond donors (Lipinski definition) is 3. The zero-order valence-electron chi connectivity index (χ0n) is 18.6. The Labute approximate surface area is 198 Å². The summed E-state index contributed by atoms with van der Waals surface area (Å²) in [5.74, 6) is -0.386. The zero-order valence-corrected chi connectivity index (χ0v) is 19.4. The average Bonchev–Trinajstić information content (AvgIpc) is 3.06. The van der Waals surface area contributed by atoms with E-state index in [-0.39, 0.29) is 11.5 Å². The Balaban J connectivity index is 1.17. The van der Waals surface area contributed by atoms with Gasteiger partial charge in [-0.15, -0.1) is 0 Å². The summed E-state index contributed by atoms with van der Waals surface area (Å²) in [7, 11) is 0. The van der Waals surface area contributed by atoms with Gasteiger partial charge >= 0.3 is 6.18 Å². The minimum Gasteiger partial charge on any atom is -0.366 e. The van der Waals surface area contributed by atoms with Crippen LogP contribution in [0, 0.1) is 16.2 Å². The molecule has 0 amide bonds. The van der Waals surface area contributed by atoms with Crippen molar-refractivity contribution in [3.63, 3.8) is 0 Å². The first-order valence-electron chi connectivity index (χ1n) is 10.8. The third-order valence-corrected chi connectivity index (χ3v) is 7.59. The fourth-order valence-electron chi connectivity index (χ4n) is 4.94. The molecular formula is C22H23F3N8S. The normalized spacial score (nSPS) is 21.1. The molecular weight excluding hydrogens is 465 g/mol. The highest BCUT2D eigenvalue weighted by Crippen LogP contribution is 2.51. The van der Waals surface area contributed by atoms with Crippen LogP contribution in [-0.4, -0.2) is 54.7 Å². The largest absolute Gasteiger partial charge is 0.451 e. The number of alkyl halides is 3. The lowest BCUT2D eigenvalue weighted by atomic mass is 9.60. The molecule has 4 heterocycles. The number of nitrogens with zero attached hydrogens (tertiary/aromatic N) is 5. The maximum Gasteiger partial charge on any atom is 0.451 e. The van der Waals surface area contributed by atoms with E-state index < -0.39 is 12.0 Å². The topological polar surface area (TPSA) is 115 Å². The molecule has 8 nitrogen and oxygen atoms in total. The molecule has 12 heteroatoms. The van der Waals surface area contributed by atoms with Crippen molar-refractivity contribution in [3.8, 4) is 0 Å². The summed E-state index contributed by atoms with van der Waals surface area (Å²) < 4.78 is 37.8. The van der Waals surface area contributed by atoms with E-state index in [1.165, 1.54) is 30.5 Å². The molecule has 1 saturated heterocycles. The van der Waals surface area contributed by atoms with E-state index in [2.05, 4.69) is 30.2 Å². The molecule has 2 aromatic heterocycles. The standard InChI is InChI=1S/C22H23F3N8S/c1-11(12(2)26)15-16-17(34-18(15)27)19(31-10-30-16)32-14-3-21(4-14)8-33(9-21)7-13-5-28-20(29-6-13)22(23,24)25/h5-6,10,14,26-27H,3-4,7-9H2,1-2H3,(H,30,31,32)/b15-11-,26-12?,27-18?. The van der Waals surface area contributed by atoms with Gasteiger partial charge in [-0.1, -0.05) is 11.8 Å². The second kappa shape index (κ2) is 8.12. The lowest BCUT2D eigenvalue weighted by Gasteiger charge is -2.59. The predicted molar refractivity (Wildman–Crippen MR) is 123 cm³/mol. The minimum atomic E-state index is -4.52. The number of hydrogen-bond acceptors (Lipinski definition) is 9. The number of rotatable bonds is 5. The Hall–Kier alpha value is -2.86. The fraction of sp³-hybridized carbons (Fsp3) is 0.455. The van der Waals surface area contributed by atoms with Crippen LogP contribution in [0.3, 0.4) is 0 Å². The van der Waals surface area contributed by atoms with Crippen LogP contribution >= 0.6 is 11.8 Å². The summed E-state index contributed by atoms with van der Waals surface area (Å²) in [5.41, 5.74) is 3.46. The Morgan fingerprint density at radius 2 is 1.85 bits per heavy atom. The van der Waals surface area contributed by atoms with Crippen LogP contribution in [0.5, 0.6) is 0 Å². The summed E-state index contributed by atoms with van der Waals surface area (Å²) >= 11 is 1.32. The van der Waals surface area contributed by atoms with Crippen molar-refractivity contribution in [1.82, 2.24) is 24.8 Å². The monoisotopic (exact) mass is 488 g/mol. The molecule has 0 aromatic carbocycles. The van der Waals surface area contributed by atoms with Gasteiger partial charge in [-0.05, 0) is 37.7 Å². The van der Waals surface area contributed by atoms with Crippen molar-refractivity contribution in [2.24, 2.45) is 5.41 Å². The average molecular weight is 489 g/mol. The number of nitrogens with one attached hydrogen (secondary N) is 3. The molecule has 0 unspecified atom stereocenters. The van der Waals surface area contributed by atoms with Crippen LogP contribution in [0.1, 0.15) is 43.8 Å². The number of aromatic nitrogens is 4. The molecule has 2 fully saturated rings. The molecule has 2 aliphatic heterocycles. The van der Waals surface area contributed by atoms with Crippen LogP contribution in [0.2, 0.25) is 0 Å². The van der Waals surface area contributed by atoms with Crippen LogP contribution in [0.25, 0.3) is 5.57 Å². The van der Waals surface area contributed by atoms with Crippen LogP contribution in [-0.2, 0) is 12.7 Å². The SMILES string of the molecule is CC(=N)/C(C)=C1\C(=N)Sc2c(NC3CC4(C3)CN(Cc3cnc(C(F)(F)F)nc3)C4)ncnc21. The van der Waals surface area contributed by atoms with Gasteiger partial charge < -0.3 is 10.7 Å². The molecule has 2 aromatic rings. The molecule has 0 bridgehead atoms. The first-order valence-corrected chi connectivity index (χ1v) is 11.6. The van der Waals surface area contributed by atoms with Gasteiger partial charge in [0.2, 0.25) is 5.82 Å². The third kappa shape index (κ3) is 4.09. The predicted octanol–water partition coefficient (Wildman–Crippen LogP) is 4.26. The van der Waals surface area contributed by atoms with Crippen molar-refractivity contribution in [2.45, 2.75) is 50.3 Å². The highest BCUT2D eigenvalue weighted by Gasteiger charge is 2.52. The fourth-order valence-corrected chi connectivity index (χ4v) is 5.96. The first-order chi connectivity index (χ1) is 16.0. The quantitative estimate of drug-likeness (QED) is 0.539. The number of allylic oxidation sites excluding steroid dienone is 1. The lowest BCUT2D eigenvalue weighted by molar-refractivity contribution is -0.145. The summed E-state index contributed by atoms with van der Waals surface area (Å²) in [6.45, 7) is 5.86. The second-order valence-corrected chi connectivity index (χ2v) is 10.3. The van der Waals surface area contributed by atoms with Gasteiger partial charge in [0.25, 0.3) is 0 Å². The van der Waals surface area contributed by atoms with E-state index in [0.29, 0.717) is 34.1 Å². The molecule has 3 N–H and O–H groups in total. The van der Waals surface area contributed by atoms with Gasteiger partial charge in [-0.25, -0.2) is 19.9 Å². The molecule has 178 valence electrons. The van der Waals surface area contributed by atoms with Crippen molar-refractivity contribution in [2.75, 3.05) is 18.4 Å². The van der Waals surface area contributed by atoms with Crippen molar-refractivity contribution >= 4 is 33.9 Å². The highest BCUT2D eigenvalue weighted by atomic mass is 32.2. The molecule has 1 spiro atoms. The van der Waals surface area contributed by atoms with Crippen molar-refractivity contribution < 1.29 is 13.2 Å². The van der Waals surface area contributed by atoms with Gasteiger partial charge in [0.05, 0.1) is 10.6 Å². The smallest absolute Gasteiger partial charge is 0.366 e. The van der Waals surface area contributed by atoms with Gasteiger partial charge in [0.1, 0.15) is 17.2 Å². The Morgan fingerprint density at radius 3 is 2.47 bits per heavy atom. The summed E-state index contributed by atoms with van der Waals surface area (Å²) in [4.78, 5) is 18.7. The molecule has 0 atom stereocenters. The van der Waals surface area contributed by atoms with E-state index in [1.807, 2.05) is 6.92 Å². The lowest BCUT2D eigenvalue weighted by Crippen LogP contribution is -2.64. The molecule has 5 rings (SSSR count). The van der Waals surface area contributed by atoms with Gasteiger partial charge in [-0.2, -0.15) is 13.2 Å². The zero-order chi connectivity index (χ0) is 24.3. The summed E-state index contributed by atoms with van der Waals surface area (Å²) in [5, 5.41) is 20.2. The van der Waals surface area contributed by atoms with Crippen molar-refractivity contribution in [3.05, 3.63) is 41.4 Å². The highest BCUT2D eigenvalue weighted by molar-refractivity contribution is 8.15. The number of anilines is 1. The molecule has 1 saturated carbocycles. The third-order valence-electron chi connectivity index (χ3n) is 6.59. The second-order valence-electron chi connectivity index (χ2n) is 9.26. The maximum atomic E-state index is 12.6. The van der Waals surface area contributed by atoms with E-state index in [4.69, 9.17) is 10.8 Å². The maximum absolute atomic E-state index is 12.6. The number of likely N-dealkylation sites (tertiary alicyclic amines) is 1. The van der Waals surface area contributed by atoms with Crippen LogP contribution < -0.4 is 5.32 Å². The number of fused-ring (bicyclic) bond motifs is 1. The number of halogens is 3. The van der Waals surface area contributed by atoms with Crippen LogP contribution in [0.4, 0.5) is 19.0 Å². The van der Waals surface area contributed by atoms with Gasteiger partial charge in [0.15, 0.2) is 0 Å². The van der Waals surface area contributed by atoms with Gasteiger partial charge in [-0.3, -0.25) is 10.3 Å². The Kier molecular flexibility index (Phi) is 5.47. The summed E-state index contributed by atoms with van der Waals surface area (Å²) in [6, 6.07) is 0.268. The van der Waals surface area contributed by atoms with E-state index >= 15 is 0 Å². The van der Waals surface area contributed by atoms with Crippen LogP contribution in [0.15, 0.2) is 29.2 Å². The minimum absolute atomic E-state index is 0.222. The Morgan fingerprint density at radius 1 is 1.18 bits per heavy atom. The van der Waals surface area contributed by atoms with E-state index in [9.17, 15) is 13.2 Å². The molecule has 1 aliphatic carbocycles.